The van der Waals surface area contributed by atoms with Gasteiger partial charge in [-0.25, -0.2) is 0 Å². The Morgan fingerprint density at radius 3 is 2.62 bits per heavy atom. The summed E-state index contributed by atoms with van der Waals surface area (Å²) in [7, 11) is 2.06. The van der Waals surface area contributed by atoms with Crippen LogP contribution in [0.3, 0.4) is 0 Å². The lowest BCUT2D eigenvalue weighted by molar-refractivity contribution is 0.410. The molecule has 1 aliphatic heterocycles. The average molecular weight is 236 g/mol. The fourth-order valence-corrected chi connectivity index (χ4v) is 2.86. The van der Waals surface area contributed by atoms with E-state index in [1.165, 1.54) is 16.9 Å². The lowest BCUT2D eigenvalue weighted by Gasteiger charge is -2.23. The van der Waals surface area contributed by atoms with Crippen LogP contribution in [-0.2, 0) is 0 Å². The van der Waals surface area contributed by atoms with Crippen LogP contribution in [-0.4, -0.2) is 26.4 Å². The molecule has 0 bridgehead atoms. The van der Waals surface area contributed by atoms with Crippen LogP contribution in [0, 0.1) is 5.92 Å². The molecule has 2 N–H and O–H groups in total. The molecule has 0 amide bonds. The summed E-state index contributed by atoms with van der Waals surface area (Å²) in [5, 5.41) is 6.89. The van der Waals surface area contributed by atoms with E-state index in [9.17, 15) is 0 Å². The zero-order valence-corrected chi connectivity index (χ0v) is 10.8. The molecular formula is C13H20N2S. The van der Waals surface area contributed by atoms with E-state index in [2.05, 4.69) is 48.2 Å². The molecule has 0 aliphatic carbocycles. The van der Waals surface area contributed by atoms with E-state index in [-0.39, 0.29) is 0 Å². The third-order valence-electron chi connectivity index (χ3n) is 3.36. The number of benzene rings is 1. The van der Waals surface area contributed by atoms with Crippen molar-refractivity contribution in [3.05, 3.63) is 29.8 Å². The van der Waals surface area contributed by atoms with Crippen molar-refractivity contribution in [2.45, 2.75) is 17.4 Å². The summed E-state index contributed by atoms with van der Waals surface area (Å²) >= 11 is 1.80. The van der Waals surface area contributed by atoms with E-state index < -0.39 is 0 Å². The van der Waals surface area contributed by atoms with E-state index in [4.69, 9.17) is 0 Å². The first-order valence-electron chi connectivity index (χ1n) is 5.87. The van der Waals surface area contributed by atoms with Crippen molar-refractivity contribution in [3.8, 4) is 0 Å². The third kappa shape index (κ3) is 2.59. The monoisotopic (exact) mass is 236 g/mol. The van der Waals surface area contributed by atoms with Crippen molar-refractivity contribution < 1.29 is 0 Å². The van der Waals surface area contributed by atoms with Crippen LogP contribution in [0.25, 0.3) is 0 Å². The topological polar surface area (TPSA) is 24.1 Å². The first-order valence-corrected chi connectivity index (χ1v) is 7.09. The quantitative estimate of drug-likeness (QED) is 0.784. The molecule has 1 aromatic rings. The van der Waals surface area contributed by atoms with Gasteiger partial charge in [-0.05, 0) is 56.4 Å². The van der Waals surface area contributed by atoms with E-state index >= 15 is 0 Å². The minimum atomic E-state index is 0.492. The van der Waals surface area contributed by atoms with Crippen molar-refractivity contribution >= 4 is 11.8 Å². The van der Waals surface area contributed by atoms with Gasteiger partial charge in [-0.15, -0.1) is 11.8 Å². The van der Waals surface area contributed by atoms with Gasteiger partial charge in [-0.2, -0.15) is 0 Å². The molecule has 1 aliphatic rings. The van der Waals surface area contributed by atoms with Gasteiger partial charge in [0, 0.05) is 10.9 Å². The molecule has 2 unspecified atom stereocenters. The van der Waals surface area contributed by atoms with Gasteiger partial charge in [0.05, 0.1) is 0 Å². The third-order valence-corrected chi connectivity index (χ3v) is 4.10. The van der Waals surface area contributed by atoms with Gasteiger partial charge in [-0.1, -0.05) is 12.1 Å². The molecule has 0 aromatic heterocycles. The molecule has 2 rings (SSSR count). The predicted molar refractivity (Wildman–Crippen MR) is 71.0 cm³/mol. The number of hydrogen-bond acceptors (Lipinski definition) is 3. The lowest BCUT2D eigenvalue weighted by atomic mass is 9.92. The number of hydrogen-bond donors (Lipinski definition) is 2. The summed E-state index contributed by atoms with van der Waals surface area (Å²) < 4.78 is 0. The first kappa shape index (κ1) is 12.0. The molecule has 0 saturated carbocycles. The van der Waals surface area contributed by atoms with Gasteiger partial charge in [0.2, 0.25) is 0 Å². The molecule has 0 spiro atoms. The van der Waals surface area contributed by atoms with E-state index in [0.29, 0.717) is 6.04 Å². The Balaban J connectivity index is 2.12. The summed E-state index contributed by atoms with van der Waals surface area (Å²) in [5.74, 6) is 0.727. The van der Waals surface area contributed by atoms with Crippen molar-refractivity contribution in [1.82, 2.24) is 10.6 Å². The average Bonchev–Trinajstić information content (AvgIpc) is 2.85. The van der Waals surface area contributed by atoms with Crippen LogP contribution in [0.2, 0.25) is 0 Å². The molecule has 1 fully saturated rings. The zero-order valence-electron chi connectivity index (χ0n) is 9.99. The molecule has 2 nitrogen and oxygen atoms in total. The van der Waals surface area contributed by atoms with Crippen molar-refractivity contribution in [1.29, 1.82) is 0 Å². The van der Waals surface area contributed by atoms with E-state index in [1.807, 2.05) is 0 Å². The molecule has 1 aromatic carbocycles. The van der Waals surface area contributed by atoms with Crippen LogP contribution in [0.1, 0.15) is 18.0 Å². The highest BCUT2D eigenvalue weighted by Gasteiger charge is 2.24. The first-order chi connectivity index (χ1) is 7.85. The fraction of sp³-hybridized carbons (Fsp3) is 0.538. The van der Waals surface area contributed by atoms with Crippen LogP contribution in [0.4, 0.5) is 0 Å². The van der Waals surface area contributed by atoms with Gasteiger partial charge >= 0.3 is 0 Å². The number of nitrogens with one attached hydrogen (secondary N) is 2. The maximum absolute atomic E-state index is 3.45. The Morgan fingerprint density at radius 1 is 1.38 bits per heavy atom. The van der Waals surface area contributed by atoms with Gasteiger partial charge in [-0.3, -0.25) is 0 Å². The van der Waals surface area contributed by atoms with Crippen molar-refractivity contribution in [3.63, 3.8) is 0 Å². The molecule has 2 atom stereocenters. The Hall–Kier alpha value is -0.510. The maximum atomic E-state index is 3.45. The summed E-state index contributed by atoms with van der Waals surface area (Å²) in [4.78, 5) is 1.34. The highest BCUT2D eigenvalue weighted by atomic mass is 32.2. The van der Waals surface area contributed by atoms with Gasteiger partial charge in [0.15, 0.2) is 0 Å². The van der Waals surface area contributed by atoms with Crippen LogP contribution >= 0.6 is 11.8 Å². The summed E-state index contributed by atoms with van der Waals surface area (Å²) in [6, 6.07) is 9.43. The smallest absolute Gasteiger partial charge is 0.0358 e. The largest absolute Gasteiger partial charge is 0.316 e. The van der Waals surface area contributed by atoms with Gasteiger partial charge < -0.3 is 10.6 Å². The van der Waals surface area contributed by atoms with Crippen LogP contribution in [0.5, 0.6) is 0 Å². The number of rotatable bonds is 4. The van der Waals surface area contributed by atoms with E-state index in [0.717, 1.165) is 19.0 Å². The number of thioether (sulfide) groups is 1. The van der Waals surface area contributed by atoms with Crippen molar-refractivity contribution in [2.24, 2.45) is 5.92 Å². The molecule has 3 heteroatoms. The van der Waals surface area contributed by atoms with Crippen LogP contribution < -0.4 is 10.6 Å². The molecule has 0 radical (unpaired) electrons. The second-order valence-corrected chi connectivity index (χ2v) is 5.17. The summed E-state index contributed by atoms with van der Waals surface area (Å²) in [6.07, 6.45) is 3.39. The highest BCUT2D eigenvalue weighted by Crippen LogP contribution is 2.27. The van der Waals surface area contributed by atoms with Crippen LogP contribution in [0.15, 0.2) is 29.2 Å². The Morgan fingerprint density at radius 2 is 2.12 bits per heavy atom. The highest BCUT2D eigenvalue weighted by molar-refractivity contribution is 7.98. The van der Waals surface area contributed by atoms with E-state index in [1.54, 1.807) is 11.8 Å². The van der Waals surface area contributed by atoms with Gasteiger partial charge in [0.1, 0.15) is 0 Å². The van der Waals surface area contributed by atoms with Gasteiger partial charge in [0.25, 0.3) is 0 Å². The maximum Gasteiger partial charge on any atom is 0.0358 e. The van der Waals surface area contributed by atoms with Crippen molar-refractivity contribution in [2.75, 3.05) is 26.4 Å². The normalized spacial score (nSPS) is 22.2. The second-order valence-electron chi connectivity index (χ2n) is 4.29. The Kier molecular flexibility index (Phi) is 4.27. The molecular weight excluding hydrogens is 216 g/mol. The second kappa shape index (κ2) is 5.71. The minimum absolute atomic E-state index is 0.492. The molecule has 16 heavy (non-hydrogen) atoms. The summed E-state index contributed by atoms with van der Waals surface area (Å²) in [6.45, 7) is 2.29. The molecule has 1 heterocycles. The predicted octanol–water partition coefficient (Wildman–Crippen LogP) is 2.28. The SMILES string of the molecule is CNC(c1ccc(SC)cc1)C1CCNC1. The summed E-state index contributed by atoms with van der Waals surface area (Å²) in [5.41, 5.74) is 1.41. The lowest BCUT2D eigenvalue weighted by Crippen LogP contribution is -2.26. The molecule has 88 valence electrons. The fourth-order valence-electron chi connectivity index (χ4n) is 2.45. The zero-order chi connectivity index (χ0) is 11.4. The molecule has 1 saturated heterocycles. The minimum Gasteiger partial charge on any atom is -0.316 e. The Labute approximate surface area is 102 Å². The Bertz CT molecular complexity index is 317. The standard InChI is InChI=1S/C13H20N2S/c1-14-13(11-7-8-15-9-11)10-3-5-12(16-2)6-4-10/h3-6,11,13-15H,7-9H2,1-2H3.